The minimum atomic E-state index is -3.44. The molecule has 2 aromatic rings. The quantitative estimate of drug-likeness (QED) is 0.739. The molecule has 0 N–H and O–H groups in total. The molecule has 8 heteroatoms. The fraction of sp³-hybridized carbons (Fsp3) is 0.588. The van der Waals surface area contributed by atoms with Gasteiger partial charge in [-0.1, -0.05) is 18.2 Å². The minimum Gasteiger partial charge on any atom is -0.431 e. The first kappa shape index (κ1) is 17.3. The molecule has 1 aromatic carbocycles. The Morgan fingerprint density at radius 3 is 2.80 bits per heavy atom. The lowest BCUT2D eigenvalue weighted by Crippen LogP contribution is -2.35. The highest BCUT2D eigenvalue weighted by Crippen LogP contribution is 2.29. The van der Waals surface area contributed by atoms with Gasteiger partial charge in [-0.3, -0.25) is 0 Å². The number of nitrogens with zero attached hydrogens (tertiary/aromatic N) is 2. The molecule has 2 aliphatic heterocycles. The average Bonchev–Trinajstić information content (AvgIpc) is 3.29. The highest BCUT2D eigenvalue weighted by atomic mass is 32.2. The lowest BCUT2D eigenvalue weighted by Gasteiger charge is -2.25. The van der Waals surface area contributed by atoms with Crippen molar-refractivity contribution in [1.29, 1.82) is 0 Å². The summed E-state index contributed by atoms with van der Waals surface area (Å²) in [5, 5.41) is 0.568. The second-order valence-electron chi connectivity index (χ2n) is 6.52. The Bertz CT molecular complexity index is 837. The summed E-state index contributed by atoms with van der Waals surface area (Å²) in [6.07, 6.45) is 5.39. The molecule has 2 fully saturated rings. The summed E-state index contributed by atoms with van der Waals surface area (Å²) in [6, 6.07) is 4.94. The topological polar surface area (TPSA) is 72.6 Å². The molecule has 0 unspecified atom stereocenters. The van der Waals surface area contributed by atoms with Crippen LogP contribution in [0.5, 0.6) is 0 Å². The summed E-state index contributed by atoms with van der Waals surface area (Å²) >= 11 is 1.52. The van der Waals surface area contributed by atoms with E-state index in [1.165, 1.54) is 11.8 Å². The molecule has 0 saturated carbocycles. The summed E-state index contributed by atoms with van der Waals surface area (Å²) < 4.78 is 38.5. The van der Waals surface area contributed by atoms with Gasteiger partial charge in [0.05, 0.1) is 11.0 Å². The van der Waals surface area contributed by atoms with E-state index in [4.69, 9.17) is 9.15 Å². The van der Waals surface area contributed by atoms with E-state index in [0.29, 0.717) is 34.3 Å². The first-order valence-electron chi connectivity index (χ1n) is 8.78. The van der Waals surface area contributed by atoms with Crippen LogP contribution in [0.25, 0.3) is 11.1 Å². The van der Waals surface area contributed by atoms with E-state index in [1.807, 2.05) is 0 Å². The van der Waals surface area contributed by atoms with Crippen molar-refractivity contribution in [2.24, 2.45) is 0 Å². The summed E-state index contributed by atoms with van der Waals surface area (Å²) in [7, 11) is -3.44. The lowest BCUT2D eigenvalue weighted by molar-refractivity contribution is 0.128. The molecule has 2 aliphatic rings. The number of rotatable bonds is 5. The third-order valence-corrected chi connectivity index (χ3v) is 7.56. The smallest absolute Gasteiger partial charge is 0.256 e. The molecule has 0 aliphatic carbocycles. The standard InChI is InChI=1S/C17H22N2O4S2/c20-25(21,19-8-2-1-3-9-19)14-6-7-16-15(11-14)18-17(23-16)24-12-13-5-4-10-22-13/h6-7,11,13H,1-5,8-10,12H2/t13-/m1/s1. The molecule has 2 saturated heterocycles. The average molecular weight is 383 g/mol. The van der Waals surface area contributed by atoms with Crippen LogP contribution in [0, 0.1) is 0 Å². The van der Waals surface area contributed by atoms with E-state index >= 15 is 0 Å². The van der Waals surface area contributed by atoms with Gasteiger partial charge in [-0.25, -0.2) is 13.4 Å². The molecule has 136 valence electrons. The Balaban J connectivity index is 1.53. The molecule has 6 nitrogen and oxygen atoms in total. The zero-order chi connectivity index (χ0) is 17.3. The van der Waals surface area contributed by atoms with Gasteiger partial charge in [-0.15, -0.1) is 0 Å². The Morgan fingerprint density at radius 2 is 2.04 bits per heavy atom. The van der Waals surface area contributed by atoms with Crippen molar-refractivity contribution >= 4 is 32.9 Å². The number of aromatic nitrogens is 1. The van der Waals surface area contributed by atoms with Crippen LogP contribution in [0.1, 0.15) is 32.1 Å². The molecular formula is C17H22N2O4S2. The van der Waals surface area contributed by atoms with Crippen LogP contribution in [0.2, 0.25) is 0 Å². The Morgan fingerprint density at radius 1 is 1.20 bits per heavy atom. The minimum absolute atomic E-state index is 0.259. The number of hydrogen-bond donors (Lipinski definition) is 0. The maximum atomic E-state index is 12.8. The third kappa shape index (κ3) is 3.72. The maximum absolute atomic E-state index is 12.8. The lowest BCUT2D eigenvalue weighted by atomic mass is 10.2. The number of thioether (sulfide) groups is 1. The molecule has 0 bridgehead atoms. The van der Waals surface area contributed by atoms with Gasteiger partial charge in [0.2, 0.25) is 10.0 Å². The number of benzene rings is 1. The number of fused-ring (bicyclic) bond motifs is 1. The third-order valence-electron chi connectivity index (χ3n) is 4.71. The zero-order valence-corrected chi connectivity index (χ0v) is 15.7. The van der Waals surface area contributed by atoms with Crippen LogP contribution in [0.3, 0.4) is 0 Å². The Labute approximate surface area is 152 Å². The first-order valence-corrected chi connectivity index (χ1v) is 11.2. The summed E-state index contributed by atoms with van der Waals surface area (Å²) in [5.74, 6) is 0.811. The van der Waals surface area contributed by atoms with Crippen LogP contribution < -0.4 is 0 Å². The Hall–Kier alpha value is -1.09. The predicted octanol–water partition coefficient (Wildman–Crippen LogP) is 3.27. The summed E-state index contributed by atoms with van der Waals surface area (Å²) in [6.45, 7) is 2.03. The normalized spacial score (nSPS) is 22.6. The van der Waals surface area contributed by atoms with Gasteiger partial charge in [0.15, 0.2) is 5.58 Å². The highest BCUT2D eigenvalue weighted by Gasteiger charge is 2.26. The van der Waals surface area contributed by atoms with Gasteiger partial charge in [-0.05, 0) is 43.9 Å². The number of hydrogen-bond acceptors (Lipinski definition) is 6. The number of sulfonamides is 1. The van der Waals surface area contributed by atoms with E-state index in [-0.39, 0.29) is 6.10 Å². The Kier molecular flexibility index (Phi) is 5.04. The van der Waals surface area contributed by atoms with Gasteiger partial charge >= 0.3 is 0 Å². The van der Waals surface area contributed by atoms with Crippen LogP contribution in [0.15, 0.2) is 32.7 Å². The maximum Gasteiger partial charge on any atom is 0.256 e. The number of piperidine rings is 1. The first-order chi connectivity index (χ1) is 12.1. The predicted molar refractivity (Wildman–Crippen MR) is 96.3 cm³/mol. The van der Waals surface area contributed by atoms with Crippen molar-refractivity contribution in [3.8, 4) is 0 Å². The van der Waals surface area contributed by atoms with E-state index in [1.54, 1.807) is 22.5 Å². The SMILES string of the molecule is O=S(=O)(c1ccc2oc(SC[C@H]3CCCO3)nc2c1)N1CCCCC1. The monoisotopic (exact) mass is 382 g/mol. The number of ether oxygens (including phenoxy) is 1. The van der Waals surface area contributed by atoms with Gasteiger partial charge in [0.1, 0.15) is 5.52 Å². The van der Waals surface area contributed by atoms with Crippen LogP contribution >= 0.6 is 11.8 Å². The molecule has 25 heavy (non-hydrogen) atoms. The molecule has 4 rings (SSSR count). The van der Waals surface area contributed by atoms with Gasteiger partial charge in [0.25, 0.3) is 5.22 Å². The molecule has 0 amide bonds. The summed E-state index contributed by atoms with van der Waals surface area (Å²) in [5.41, 5.74) is 1.21. The van der Waals surface area contributed by atoms with Gasteiger partial charge in [-0.2, -0.15) is 4.31 Å². The molecule has 0 radical (unpaired) electrons. The fourth-order valence-electron chi connectivity index (χ4n) is 3.30. The van der Waals surface area contributed by atoms with Crippen molar-refractivity contribution in [3.05, 3.63) is 18.2 Å². The molecule has 0 spiro atoms. The van der Waals surface area contributed by atoms with Crippen LogP contribution in [-0.2, 0) is 14.8 Å². The second kappa shape index (κ2) is 7.26. The van der Waals surface area contributed by atoms with Gasteiger partial charge in [0, 0.05) is 25.4 Å². The van der Waals surface area contributed by atoms with E-state index in [9.17, 15) is 8.42 Å². The molecule has 1 atom stereocenters. The fourth-order valence-corrected chi connectivity index (χ4v) is 5.74. The van der Waals surface area contributed by atoms with Gasteiger partial charge < -0.3 is 9.15 Å². The van der Waals surface area contributed by atoms with E-state index < -0.39 is 10.0 Å². The highest BCUT2D eigenvalue weighted by molar-refractivity contribution is 7.99. The number of oxazole rings is 1. The van der Waals surface area contributed by atoms with Crippen molar-refractivity contribution in [3.63, 3.8) is 0 Å². The van der Waals surface area contributed by atoms with Crippen LogP contribution in [0.4, 0.5) is 0 Å². The summed E-state index contributed by atoms with van der Waals surface area (Å²) in [4.78, 5) is 4.75. The largest absolute Gasteiger partial charge is 0.431 e. The van der Waals surface area contributed by atoms with Crippen molar-refractivity contribution in [2.45, 2.75) is 48.3 Å². The van der Waals surface area contributed by atoms with Crippen LogP contribution in [-0.4, -0.2) is 49.3 Å². The van der Waals surface area contributed by atoms with E-state index in [0.717, 1.165) is 44.5 Å². The zero-order valence-electron chi connectivity index (χ0n) is 14.0. The molecule has 3 heterocycles. The van der Waals surface area contributed by atoms with Crippen molar-refractivity contribution < 1.29 is 17.6 Å². The molecular weight excluding hydrogens is 360 g/mol. The van der Waals surface area contributed by atoms with Crippen molar-refractivity contribution in [1.82, 2.24) is 9.29 Å². The van der Waals surface area contributed by atoms with E-state index in [2.05, 4.69) is 4.98 Å². The van der Waals surface area contributed by atoms with Crippen molar-refractivity contribution in [2.75, 3.05) is 25.4 Å². The molecule has 1 aromatic heterocycles. The second-order valence-corrected chi connectivity index (χ2v) is 9.43.